The molecule has 1 aliphatic heterocycles. The zero-order chi connectivity index (χ0) is 15.4. The zero-order valence-electron chi connectivity index (χ0n) is 11.8. The third-order valence-electron chi connectivity index (χ3n) is 3.48. The van der Waals surface area contributed by atoms with Crippen molar-refractivity contribution in [3.8, 4) is 0 Å². The number of nitrogens with one attached hydrogen (secondary N) is 1. The summed E-state index contributed by atoms with van der Waals surface area (Å²) < 4.78 is 26.3. The van der Waals surface area contributed by atoms with Crippen LogP contribution in [0, 0.1) is 11.6 Å². The molecule has 0 aromatic heterocycles. The second kappa shape index (κ2) is 6.80. The zero-order valence-corrected chi connectivity index (χ0v) is 12.8. The summed E-state index contributed by atoms with van der Waals surface area (Å²) in [5.41, 5.74) is 5.24. The second-order valence-corrected chi connectivity index (χ2v) is 6.32. The van der Waals surface area contributed by atoms with E-state index in [1.54, 1.807) is 30.6 Å². The molecular weight excluding hydrogens is 300 g/mol. The van der Waals surface area contributed by atoms with Crippen LogP contribution in [-0.4, -0.2) is 33.7 Å². The molecule has 2 radical (unpaired) electrons. The summed E-state index contributed by atoms with van der Waals surface area (Å²) in [5.74, 6) is -0.501. The van der Waals surface area contributed by atoms with Gasteiger partial charge in [0, 0.05) is 11.7 Å². The molecule has 0 bridgehead atoms. The molecule has 0 spiro atoms. The summed E-state index contributed by atoms with van der Waals surface area (Å²) in [6.45, 7) is 0.632. The molecule has 3 nitrogen and oxygen atoms in total. The lowest BCUT2D eigenvalue weighted by Crippen LogP contribution is -2.37. The van der Waals surface area contributed by atoms with Gasteiger partial charge in [0.05, 0.1) is 15.9 Å². The minimum absolute atomic E-state index is 0.114. The molecule has 2 aromatic carbocycles. The summed E-state index contributed by atoms with van der Waals surface area (Å²) >= 11 is 0. The third kappa shape index (κ3) is 3.58. The Kier molecular flexibility index (Phi) is 4.60. The Labute approximate surface area is 130 Å². The number of aliphatic imine (C=N–C) groups is 1. The van der Waals surface area contributed by atoms with Crippen LogP contribution in [0.15, 0.2) is 53.5 Å². The molecule has 0 atom stereocenters. The van der Waals surface area contributed by atoms with E-state index >= 15 is 0 Å². The lowest BCUT2D eigenvalue weighted by molar-refractivity contribution is 0.312. The van der Waals surface area contributed by atoms with Gasteiger partial charge in [0.15, 0.2) is 0 Å². The van der Waals surface area contributed by atoms with Crippen LogP contribution in [0.4, 0.5) is 8.78 Å². The van der Waals surface area contributed by atoms with Crippen LogP contribution in [0.1, 0.15) is 16.7 Å². The normalized spacial score (nSPS) is 14.5. The van der Waals surface area contributed by atoms with E-state index in [0.717, 1.165) is 17.3 Å². The lowest BCUT2D eigenvalue weighted by Gasteiger charge is -2.21. The van der Waals surface area contributed by atoms with Crippen LogP contribution in [-0.2, 0) is 0 Å². The van der Waals surface area contributed by atoms with Gasteiger partial charge in [-0.3, -0.25) is 4.99 Å². The summed E-state index contributed by atoms with van der Waals surface area (Å²) in [4.78, 5) is 4.11. The SMILES string of the molecule is Fc1ccc(C([Si]CN2CN=CN2)c2ccc(F)cc2)cc1. The topological polar surface area (TPSA) is 27.6 Å². The van der Waals surface area contributed by atoms with Crippen LogP contribution in [0.5, 0.6) is 0 Å². The molecular formula is C16H15F2N3Si. The number of rotatable bonds is 5. The largest absolute Gasteiger partial charge is 0.308 e. The Hall–Kier alpha value is -2.05. The molecule has 2 aromatic rings. The smallest absolute Gasteiger partial charge is 0.123 e. The van der Waals surface area contributed by atoms with E-state index in [4.69, 9.17) is 0 Å². The van der Waals surface area contributed by atoms with Gasteiger partial charge >= 0.3 is 0 Å². The van der Waals surface area contributed by atoms with Crippen molar-refractivity contribution in [3.05, 3.63) is 71.3 Å². The molecule has 1 aliphatic rings. The maximum atomic E-state index is 13.2. The molecule has 0 fully saturated rings. The van der Waals surface area contributed by atoms with Gasteiger partial charge in [-0.15, -0.1) is 0 Å². The highest BCUT2D eigenvalue weighted by atomic mass is 28.2. The highest BCUT2D eigenvalue weighted by Gasteiger charge is 2.18. The molecule has 1 N–H and O–H groups in total. The predicted molar refractivity (Wildman–Crippen MR) is 83.6 cm³/mol. The van der Waals surface area contributed by atoms with Gasteiger partial charge in [-0.25, -0.2) is 13.8 Å². The minimum atomic E-state index is -0.250. The van der Waals surface area contributed by atoms with Gasteiger partial charge in [-0.1, -0.05) is 24.3 Å². The third-order valence-corrected chi connectivity index (χ3v) is 5.12. The average molecular weight is 315 g/mol. The van der Waals surface area contributed by atoms with Gasteiger partial charge in [0.2, 0.25) is 0 Å². The van der Waals surface area contributed by atoms with E-state index in [1.807, 2.05) is 5.01 Å². The van der Waals surface area contributed by atoms with E-state index in [2.05, 4.69) is 10.4 Å². The first-order valence-corrected chi connectivity index (χ1v) is 8.24. The molecule has 0 saturated heterocycles. The summed E-state index contributed by atoms with van der Waals surface area (Å²) in [6.07, 6.45) is 2.49. The monoisotopic (exact) mass is 315 g/mol. The molecule has 1 heterocycles. The van der Waals surface area contributed by atoms with E-state index in [0.29, 0.717) is 16.2 Å². The summed E-state index contributed by atoms with van der Waals surface area (Å²) in [5, 5.41) is 2.01. The van der Waals surface area contributed by atoms with E-state index < -0.39 is 0 Å². The molecule has 6 heteroatoms. The van der Waals surface area contributed by atoms with Crippen LogP contribution < -0.4 is 5.43 Å². The van der Waals surface area contributed by atoms with Crippen LogP contribution in [0.2, 0.25) is 0 Å². The fraction of sp³-hybridized carbons (Fsp3) is 0.188. The number of halogens is 2. The fourth-order valence-electron chi connectivity index (χ4n) is 2.34. The van der Waals surface area contributed by atoms with Crippen molar-refractivity contribution in [2.45, 2.75) is 5.54 Å². The standard InChI is InChI=1S/C16H15F2N3Si/c17-14-5-1-12(2-6-14)16(13-3-7-15(18)8-4-13)22-11-21-10-19-9-20-21/h1-9,16H,10-11H2,(H,19,20). The van der Waals surface area contributed by atoms with Crippen molar-refractivity contribution >= 4 is 15.9 Å². The maximum absolute atomic E-state index is 13.2. The minimum Gasteiger partial charge on any atom is -0.308 e. The van der Waals surface area contributed by atoms with Crippen molar-refractivity contribution in [1.29, 1.82) is 0 Å². The van der Waals surface area contributed by atoms with E-state index in [1.165, 1.54) is 24.3 Å². The van der Waals surface area contributed by atoms with Crippen LogP contribution in [0.3, 0.4) is 0 Å². The van der Waals surface area contributed by atoms with Gasteiger partial charge in [0.25, 0.3) is 0 Å². The van der Waals surface area contributed by atoms with E-state index in [-0.39, 0.29) is 17.2 Å². The van der Waals surface area contributed by atoms with Crippen molar-refractivity contribution < 1.29 is 8.78 Å². The molecule has 22 heavy (non-hydrogen) atoms. The number of hydrogen-bond acceptors (Lipinski definition) is 3. The lowest BCUT2D eigenvalue weighted by atomic mass is 10.0. The Morgan fingerprint density at radius 2 is 1.55 bits per heavy atom. The molecule has 0 aliphatic carbocycles. The molecule has 0 unspecified atom stereocenters. The van der Waals surface area contributed by atoms with Crippen LogP contribution >= 0.6 is 0 Å². The van der Waals surface area contributed by atoms with Crippen molar-refractivity contribution in [3.63, 3.8) is 0 Å². The molecule has 0 saturated carbocycles. The first-order valence-electron chi connectivity index (χ1n) is 6.96. The first-order chi connectivity index (χ1) is 10.7. The van der Waals surface area contributed by atoms with Crippen LogP contribution in [0.25, 0.3) is 0 Å². The Morgan fingerprint density at radius 1 is 1.00 bits per heavy atom. The first kappa shape index (κ1) is 14.9. The Balaban J connectivity index is 1.80. The fourth-order valence-corrected chi connectivity index (χ4v) is 3.79. The Morgan fingerprint density at radius 3 is 2.00 bits per heavy atom. The van der Waals surface area contributed by atoms with Gasteiger partial charge < -0.3 is 5.43 Å². The molecule has 3 rings (SSSR count). The number of benzene rings is 2. The number of hydrogen-bond donors (Lipinski definition) is 1. The van der Waals surface area contributed by atoms with Gasteiger partial charge in [-0.2, -0.15) is 0 Å². The highest BCUT2D eigenvalue weighted by molar-refractivity contribution is 6.39. The van der Waals surface area contributed by atoms with Gasteiger partial charge in [0.1, 0.15) is 18.3 Å². The average Bonchev–Trinajstić information content (AvgIpc) is 3.04. The van der Waals surface area contributed by atoms with Gasteiger partial charge in [-0.05, 0) is 35.4 Å². The molecule has 112 valence electrons. The summed E-state index contributed by atoms with van der Waals surface area (Å²) in [7, 11) is 0.544. The quantitative estimate of drug-likeness (QED) is 0.859. The maximum Gasteiger partial charge on any atom is 0.123 e. The highest BCUT2D eigenvalue weighted by Crippen LogP contribution is 2.24. The molecule has 0 amide bonds. The number of nitrogens with zero attached hydrogens (tertiary/aromatic N) is 2. The second-order valence-electron chi connectivity index (χ2n) is 5.02. The summed E-state index contributed by atoms with van der Waals surface area (Å²) in [6, 6.07) is 13.0. The number of hydrazine groups is 1. The van der Waals surface area contributed by atoms with Crippen molar-refractivity contribution in [2.24, 2.45) is 4.99 Å². The van der Waals surface area contributed by atoms with E-state index in [9.17, 15) is 8.78 Å². The van der Waals surface area contributed by atoms with Crippen molar-refractivity contribution in [1.82, 2.24) is 10.4 Å². The predicted octanol–water partition coefficient (Wildman–Crippen LogP) is 2.52. The Bertz CT molecular complexity index is 590. The van der Waals surface area contributed by atoms with Crippen molar-refractivity contribution in [2.75, 3.05) is 12.8 Å².